The van der Waals surface area contributed by atoms with Gasteiger partial charge in [-0.15, -0.1) is 0 Å². The van der Waals surface area contributed by atoms with E-state index >= 15 is 0 Å². The minimum atomic E-state index is -0.933. The summed E-state index contributed by atoms with van der Waals surface area (Å²) in [5.74, 6) is -1.86. The van der Waals surface area contributed by atoms with Gasteiger partial charge in [0.1, 0.15) is 5.92 Å². The Bertz CT molecular complexity index is 743. The molecule has 2 heterocycles. The van der Waals surface area contributed by atoms with E-state index in [0.717, 1.165) is 5.56 Å². The normalized spacial score (nSPS) is 20.5. The van der Waals surface area contributed by atoms with E-state index in [2.05, 4.69) is 4.98 Å². The van der Waals surface area contributed by atoms with E-state index in [0.29, 0.717) is 11.1 Å². The number of hydrogen-bond acceptors (Lipinski definition) is 3. The molecule has 118 valence electrons. The van der Waals surface area contributed by atoms with Gasteiger partial charge in [0.25, 0.3) is 5.91 Å². The second-order valence-electron chi connectivity index (χ2n) is 5.93. The Hall–Kier alpha value is -2.69. The molecule has 0 bridgehead atoms. The van der Waals surface area contributed by atoms with Gasteiger partial charge in [-0.1, -0.05) is 18.2 Å². The first kappa shape index (κ1) is 15.2. The fourth-order valence-corrected chi connectivity index (χ4v) is 3.30. The maximum absolute atomic E-state index is 12.9. The maximum Gasteiger partial charge on any atom is 0.313 e. The lowest BCUT2D eigenvalue weighted by molar-refractivity contribution is -0.140. The second-order valence-corrected chi connectivity index (χ2v) is 5.93. The van der Waals surface area contributed by atoms with Crippen LogP contribution in [0.4, 0.5) is 0 Å². The zero-order chi connectivity index (χ0) is 16.6. The molecule has 2 unspecified atom stereocenters. The predicted molar refractivity (Wildman–Crippen MR) is 85.1 cm³/mol. The number of pyridine rings is 1. The zero-order valence-corrected chi connectivity index (χ0v) is 13.0. The van der Waals surface area contributed by atoms with Crippen LogP contribution in [-0.4, -0.2) is 32.9 Å². The van der Waals surface area contributed by atoms with Crippen LogP contribution in [0, 0.1) is 0 Å². The smallest absolute Gasteiger partial charge is 0.313 e. The van der Waals surface area contributed by atoms with E-state index in [4.69, 9.17) is 0 Å². The topological polar surface area (TPSA) is 70.5 Å². The first-order valence-corrected chi connectivity index (χ1v) is 7.56. The Balaban J connectivity index is 2.25. The number of carbonyl (C=O) groups is 2. The summed E-state index contributed by atoms with van der Waals surface area (Å²) in [4.78, 5) is 30.6. The molecule has 0 spiro atoms. The van der Waals surface area contributed by atoms with Crippen molar-refractivity contribution >= 4 is 11.9 Å². The molecule has 0 fully saturated rings. The van der Waals surface area contributed by atoms with Gasteiger partial charge in [-0.3, -0.25) is 14.6 Å². The number of fused-ring (bicyclic) bond motifs is 1. The summed E-state index contributed by atoms with van der Waals surface area (Å²) in [6.07, 6.45) is 3.25. The third-order valence-electron chi connectivity index (χ3n) is 4.25. The van der Waals surface area contributed by atoms with Crippen LogP contribution in [0.5, 0.6) is 0 Å². The fourth-order valence-electron chi connectivity index (χ4n) is 3.30. The predicted octanol–water partition coefficient (Wildman–Crippen LogP) is 2.86. The summed E-state index contributed by atoms with van der Waals surface area (Å²) in [7, 11) is 0. The molecule has 0 aliphatic carbocycles. The summed E-state index contributed by atoms with van der Waals surface area (Å²) >= 11 is 0. The molecule has 5 heteroatoms. The van der Waals surface area contributed by atoms with Gasteiger partial charge in [0.2, 0.25) is 0 Å². The molecule has 1 amide bonds. The van der Waals surface area contributed by atoms with E-state index in [1.807, 2.05) is 13.8 Å². The van der Waals surface area contributed by atoms with Crippen molar-refractivity contribution in [1.29, 1.82) is 0 Å². The van der Waals surface area contributed by atoms with Gasteiger partial charge in [0.05, 0.1) is 6.04 Å². The molecule has 5 nitrogen and oxygen atoms in total. The average molecular weight is 310 g/mol. The van der Waals surface area contributed by atoms with E-state index in [-0.39, 0.29) is 11.9 Å². The molecular weight excluding hydrogens is 292 g/mol. The van der Waals surface area contributed by atoms with Crippen molar-refractivity contribution in [3.63, 3.8) is 0 Å². The molecule has 1 N–H and O–H groups in total. The van der Waals surface area contributed by atoms with E-state index in [9.17, 15) is 14.7 Å². The molecule has 0 saturated carbocycles. The maximum atomic E-state index is 12.9. The van der Waals surface area contributed by atoms with Crippen molar-refractivity contribution in [2.24, 2.45) is 0 Å². The van der Waals surface area contributed by atoms with Crippen molar-refractivity contribution in [2.45, 2.75) is 31.8 Å². The molecule has 23 heavy (non-hydrogen) atoms. The number of nitrogens with zero attached hydrogens (tertiary/aromatic N) is 2. The van der Waals surface area contributed by atoms with Crippen LogP contribution in [0.2, 0.25) is 0 Å². The Morgan fingerprint density at radius 2 is 1.83 bits per heavy atom. The molecule has 3 rings (SSSR count). The first-order chi connectivity index (χ1) is 11.0. The Morgan fingerprint density at radius 1 is 1.17 bits per heavy atom. The number of hydrogen-bond donors (Lipinski definition) is 1. The summed E-state index contributed by atoms with van der Waals surface area (Å²) in [5, 5.41) is 9.85. The highest BCUT2D eigenvalue weighted by Gasteiger charge is 2.45. The van der Waals surface area contributed by atoms with Crippen LogP contribution in [0.25, 0.3) is 0 Å². The number of rotatable bonds is 3. The lowest BCUT2D eigenvalue weighted by Gasteiger charge is -2.43. The third kappa shape index (κ3) is 2.48. The molecule has 0 radical (unpaired) electrons. The summed E-state index contributed by atoms with van der Waals surface area (Å²) < 4.78 is 0. The Labute approximate surface area is 134 Å². The van der Waals surface area contributed by atoms with E-state index in [1.165, 1.54) is 0 Å². The van der Waals surface area contributed by atoms with Gasteiger partial charge >= 0.3 is 5.97 Å². The summed E-state index contributed by atoms with van der Waals surface area (Å²) in [5.41, 5.74) is 1.83. The molecule has 2 aromatic rings. The summed E-state index contributed by atoms with van der Waals surface area (Å²) in [6, 6.07) is 9.86. The quantitative estimate of drug-likeness (QED) is 0.946. The number of benzene rings is 1. The second kappa shape index (κ2) is 5.83. The van der Waals surface area contributed by atoms with Gasteiger partial charge in [0.15, 0.2) is 0 Å². The van der Waals surface area contributed by atoms with Crippen molar-refractivity contribution in [3.8, 4) is 0 Å². The van der Waals surface area contributed by atoms with Gasteiger partial charge < -0.3 is 10.0 Å². The largest absolute Gasteiger partial charge is 0.481 e. The van der Waals surface area contributed by atoms with E-state index < -0.39 is 17.9 Å². The van der Waals surface area contributed by atoms with Crippen molar-refractivity contribution in [3.05, 3.63) is 65.5 Å². The van der Waals surface area contributed by atoms with Crippen LogP contribution in [-0.2, 0) is 4.79 Å². The number of carboxylic acids is 1. The standard InChI is InChI=1S/C18H18N2O3/c1-11(2)20-16(12-7-9-19-10-8-12)15(18(22)23)13-5-3-4-6-14(13)17(20)21/h3-11,15-16H,1-2H3,(H,22,23). The van der Waals surface area contributed by atoms with Crippen LogP contribution in [0.3, 0.4) is 0 Å². The van der Waals surface area contributed by atoms with Crippen LogP contribution in [0.1, 0.15) is 47.3 Å². The van der Waals surface area contributed by atoms with Crippen molar-refractivity contribution in [1.82, 2.24) is 9.88 Å². The first-order valence-electron chi connectivity index (χ1n) is 7.56. The van der Waals surface area contributed by atoms with Gasteiger partial charge in [-0.2, -0.15) is 0 Å². The van der Waals surface area contributed by atoms with Crippen molar-refractivity contribution in [2.75, 3.05) is 0 Å². The molecule has 2 atom stereocenters. The number of amides is 1. The third-order valence-corrected chi connectivity index (χ3v) is 4.25. The van der Waals surface area contributed by atoms with Crippen molar-refractivity contribution < 1.29 is 14.7 Å². The monoisotopic (exact) mass is 310 g/mol. The minimum absolute atomic E-state index is 0.115. The Kier molecular flexibility index (Phi) is 3.86. The average Bonchev–Trinajstić information content (AvgIpc) is 2.54. The van der Waals surface area contributed by atoms with Crippen LogP contribution < -0.4 is 0 Å². The number of aliphatic carboxylic acids is 1. The minimum Gasteiger partial charge on any atom is -0.481 e. The summed E-state index contributed by atoms with van der Waals surface area (Å²) in [6.45, 7) is 3.80. The van der Waals surface area contributed by atoms with Gasteiger partial charge in [-0.05, 0) is 43.2 Å². The highest BCUT2D eigenvalue weighted by Crippen LogP contribution is 2.43. The molecular formula is C18H18N2O3. The highest BCUT2D eigenvalue weighted by molar-refractivity contribution is 6.00. The lowest BCUT2D eigenvalue weighted by atomic mass is 9.79. The molecule has 0 saturated heterocycles. The number of aromatic nitrogens is 1. The Morgan fingerprint density at radius 3 is 2.43 bits per heavy atom. The number of carbonyl (C=O) groups excluding carboxylic acids is 1. The fraction of sp³-hybridized carbons (Fsp3) is 0.278. The lowest BCUT2D eigenvalue weighted by Crippen LogP contribution is -2.48. The molecule has 1 aromatic heterocycles. The molecule has 1 aliphatic rings. The molecule has 1 aromatic carbocycles. The van der Waals surface area contributed by atoms with Gasteiger partial charge in [-0.25, -0.2) is 0 Å². The number of carboxylic acid groups (broad SMARTS) is 1. The SMILES string of the molecule is CC(C)N1C(=O)c2ccccc2C(C(=O)O)C1c1ccncc1. The van der Waals surface area contributed by atoms with Crippen LogP contribution in [0.15, 0.2) is 48.8 Å². The highest BCUT2D eigenvalue weighted by atomic mass is 16.4. The van der Waals surface area contributed by atoms with Crippen LogP contribution >= 0.6 is 0 Å². The van der Waals surface area contributed by atoms with E-state index in [1.54, 1.807) is 53.7 Å². The van der Waals surface area contributed by atoms with Gasteiger partial charge in [0, 0.05) is 24.0 Å². The molecule has 1 aliphatic heterocycles. The zero-order valence-electron chi connectivity index (χ0n) is 13.0.